The summed E-state index contributed by atoms with van der Waals surface area (Å²) in [5.41, 5.74) is 0.640. The van der Waals surface area contributed by atoms with E-state index >= 15 is 0 Å². The van der Waals surface area contributed by atoms with Crippen LogP contribution in [0.5, 0.6) is 0 Å². The van der Waals surface area contributed by atoms with Crippen molar-refractivity contribution < 1.29 is 14.3 Å². The van der Waals surface area contributed by atoms with Crippen molar-refractivity contribution in [2.75, 3.05) is 32.8 Å². The minimum absolute atomic E-state index is 0.0428. The van der Waals surface area contributed by atoms with Crippen LogP contribution in [0.4, 0.5) is 0 Å². The highest BCUT2D eigenvalue weighted by molar-refractivity contribution is 5.96. The van der Waals surface area contributed by atoms with Gasteiger partial charge in [-0.05, 0) is 31.4 Å². The lowest BCUT2D eigenvalue weighted by Crippen LogP contribution is -2.55. The molecular formula is C16H23N3O3. The number of amides is 2. The highest BCUT2D eigenvalue weighted by Crippen LogP contribution is 2.22. The van der Waals surface area contributed by atoms with E-state index in [-0.39, 0.29) is 17.9 Å². The molecule has 3 heterocycles. The zero-order valence-corrected chi connectivity index (χ0v) is 13.0. The van der Waals surface area contributed by atoms with Gasteiger partial charge < -0.3 is 19.1 Å². The van der Waals surface area contributed by atoms with Gasteiger partial charge in [-0.2, -0.15) is 0 Å². The summed E-state index contributed by atoms with van der Waals surface area (Å²) in [5, 5.41) is 0. The molecule has 1 aromatic rings. The summed E-state index contributed by atoms with van der Waals surface area (Å²) >= 11 is 0. The molecule has 2 aliphatic heterocycles. The lowest BCUT2D eigenvalue weighted by atomic mass is 10.00. The zero-order chi connectivity index (χ0) is 15.5. The fourth-order valence-corrected chi connectivity index (χ4v) is 3.26. The number of hydrogen-bond acceptors (Lipinski definition) is 3. The topological polar surface area (TPSA) is 54.8 Å². The fraction of sp³-hybridized carbons (Fsp3) is 0.625. The highest BCUT2D eigenvalue weighted by atomic mass is 16.5. The van der Waals surface area contributed by atoms with Crippen LogP contribution in [0.15, 0.2) is 18.3 Å². The second-order valence-electron chi connectivity index (χ2n) is 5.95. The lowest BCUT2D eigenvalue weighted by molar-refractivity contribution is -0.141. The van der Waals surface area contributed by atoms with Crippen molar-refractivity contribution in [1.29, 1.82) is 0 Å². The maximum atomic E-state index is 12.8. The van der Waals surface area contributed by atoms with Gasteiger partial charge in [-0.25, -0.2) is 0 Å². The van der Waals surface area contributed by atoms with Crippen molar-refractivity contribution in [2.45, 2.75) is 25.3 Å². The SMILES string of the molecule is Cn1cccc1C(=O)N1CCCCC1C(=O)N1CCOCC1. The molecule has 2 aliphatic rings. The van der Waals surface area contributed by atoms with Gasteiger partial charge in [0.25, 0.3) is 5.91 Å². The molecule has 0 saturated carbocycles. The van der Waals surface area contributed by atoms with E-state index in [9.17, 15) is 9.59 Å². The summed E-state index contributed by atoms with van der Waals surface area (Å²) in [7, 11) is 1.86. The number of nitrogens with zero attached hydrogens (tertiary/aromatic N) is 3. The van der Waals surface area contributed by atoms with E-state index < -0.39 is 0 Å². The van der Waals surface area contributed by atoms with Crippen LogP contribution in [-0.2, 0) is 16.6 Å². The molecule has 3 rings (SSSR count). The van der Waals surface area contributed by atoms with E-state index in [0.717, 1.165) is 19.3 Å². The number of ether oxygens (including phenoxy) is 1. The number of carbonyl (C=O) groups excluding carboxylic acids is 2. The first-order valence-corrected chi connectivity index (χ1v) is 7.97. The molecule has 1 aromatic heterocycles. The number of piperidine rings is 1. The molecule has 2 amide bonds. The first-order valence-electron chi connectivity index (χ1n) is 7.97. The van der Waals surface area contributed by atoms with Crippen molar-refractivity contribution in [3.8, 4) is 0 Å². The summed E-state index contributed by atoms with van der Waals surface area (Å²) < 4.78 is 7.12. The Kier molecular flexibility index (Phi) is 4.47. The maximum absolute atomic E-state index is 12.8. The number of carbonyl (C=O) groups is 2. The van der Waals surface area contributed by atoms with Crippen LogP contribution in [0.25, 0.3) is 0 Å². The van der Waals surface area contributed by atoms with Crippen molar-refractivity contribution >= 4 is 11.8 Å². The van der Waals surface area contributed by atoms with Crippen LogP contribution in [0, 0.1) is 0 Å². The van der Waals surface area contributed by atoms with Crippen LogP contribution >= 0.6 is 0 Å². The third-order valence-electron chi connectivity index (χ3n) is 4.53. The van der Waals surface area contributed by atoms with Gasteiger partial charge >= 0.3 is 0 Å². The van der Waals surface area contributed by atoms with Gasteiger partial charge in [0, 0.05) is 32.9 Å². The summed E-state index contributed by atoms with van der Waals surface area (Å²) in [6, 6.07) is 3.35. The monoisotopic (exact) mass is 305 g/mol. The molecule has 0 bridgehead atoms. The molecule has 0 spiro atoms. The van der Waals surface area contributed by atoms with Crippen molar-refractivity contribution in [1.82, 2.24) is 14.4 Å². The number of aryl methyl sites for hydroxylation is 1. The van der Waals surface area contributed by atoms with Gasteiger partial charge in [0.1, 0.15) is 11.7 Å². The largest absolute Gasteiger partial charge is 0.378 e. The van der Waals surface area contributed by atoms with Crippen molar-refractivity contribution in [3.63, 3.8) is 0 Å². The second kappa shape index (κ2) is 6.52. The Balaban J connectivity index is 1.77. The highest BCUT2D eigenvalue weighted by Gasteiger charge is 2.36. The normalized spacial score (nSPS) is 22.7. The summed E-state index contributed by atoms with van der Waals surface area (Å²) in [6.45, 7) is 3.09. The summed E-state index contributed by atoms with van der Waals surface area (Å²) in [5.74, 6) is 0.0318. The van der Waals surface area contributed by atoms with Crippen LogP contribution in [-0.4, -0.2) is 65.1 Å². The average molecular weight is 305 g/mol. The quantitative estimate of drug-likeness (QED) is 0.815. The summed E-state index contributed by atoms with van der Waals surface area (Å²) in [4.78, 5) is 29.2. The first kappa shape index (κ1) is 15.1. The van der Waals surface area contributed by atoms with Gasteiger partial charge in [0.05, 0.1) is 13.2 Å². The Morgan fingerprint density at radius 3 is 2.64 bits per heavy atom. The standard InChI is InChI=1S/C16H23N3O3/c1-17-7-4-6-13(17)16(21)19-8-3-2-5-14(19)15(20)18-9-11-22-12-10-18/h4,6-7,14H,2-3,5,8-12H2,1H3. The molecule has 0 N–H and O–H groups in total. The average Bonchev–Trinajstić information content (AvgIpc) is 3.00. The van der Waals surface area contributed by atoms with E-state index in [1.54, 1.807) is 4.90 Å². The molecule has 120 valence electrons. The molecule has 0 aromatic carbocycles. The molecule has 6 nitrogen and oxygen atoms in total. The Labute approximate surface area is 130 Å². The molecule has 2 saturated heterocycles. The molecule has 2 fully saturated rings. The van der Waals surface area contributed by atoms with E-state index in [1.165, 1.54) is 0 Å². The van der Waals surface area contributed by atoms with E-state index in [0.29, 0.717) is 38.5 Å². The predicted molar refractivity (Wildman–Crippen MR) is 81.5 cm³/mol. The number of rotatable bonds is 2. The van der Waals surface area contributed by atoms with Crippen LogP contribution < -0.4 is 0 Å². The molecule has 22 heavy (non-hydrogen) atoms. The van der Waals surface area contributed by atoms with Gasteiger partial charge in [-0.3, -0.25) is 9.59 Å². The van der Waals surface area contributed by atoms with Crippen LogP contribution in [0.1, 0.15) is 29.8 Å². The second-order valence-corrected chi connectivity index (χ2v) is 5.95. The zero-order valence-electron chi connectivity index (χ0n) is 13.0. The molecule has 0 aliphatic carbocycles. The smallest absolute Gasteiger partial charge is 0.271 e. The van der Waals surface area contributed by atoms with Gasteiger partial charge in [0.15, 0.2) is 0 Å². The van der Waals surface area contributed by atoms with E-state index in [1.807, 2.05) is 34.8 Å². The fourth-order valence-electron chi connectivity index (χ4n) is 3.26. The number of hydrogen-bond donors (Lipinski definition) is 0. The van der Waals surface area contributed by atoms with Crippen LogP contribution in [0.3, 0.4) is 0 Å². The Morgan fingerprint density at radius 1 is 1.18 bits per heavy atom. The summed E-state index contributed by atoms with van der Waals surface area (Å²) in [6.07, 6.45) is 4.57. The Hall–Kier alpha value is -1.82. The number of likely N-dealkylation sites (tertiary alicyclic amines) is 1. The predicted octanol–water partition coefficient (Wildman–Crippen LogP) is 0.879. The van der Waals surface area contributed by atoms with E-state index in [2.05, 4.69) is 0 Å². The minimum atomic E-state index is -0.325. The van der Waals surface area contributed by atoms with Gasteiger partial charge in [-0.15, -0.1) is 0 Å². The van der Waals surface area contributed by atoms with Crippen molar-refractivity contribution in [3.05, 3.63) is 24.0 Å². The van der Waals surface area contributed by atoms with Crippen LogP contribution in [0.2, 0.25) is 0 Å². The van der Waals surface area contributed by atoms with Gasteiger partial charge in [0.2, 0.25) is 5.91 Å². The third-order valence-corrected chi connectivity index (χ3v) is 4.53. The van der Waals surface area contributed by atoms with E-state index in [4.69, 9.17) is 4.74 Å². The molecule has 6 heteroatoms. The Morgan fingerprint density at radius 2 is 1.95 bits per heavy atom. The first-order chi connectivity index (χ1) is 10.7. The Bertz CT molecular complexity index is 549. The number of morpholine rings is 1. The molecule has 0 radical (unpaired) electrons. The molecule has 1 atom stereocenters. The van der Waals surface area contributed by atoms with Gasteiger partial charge in [-0.1, -0.05) is 0 Å². The minimum Gasteiger partial charge on any atom is -0.378 e. The molecular weight excluding hydrogens is 282 g/mol. The van der Waals surface area contributed by atoms with Crippen molar-refractivity contribution in [2.24, 2.45) is 7.05 Å². The lowest BCUT2D eigenvalue weighted by Gasteiger charge is -2.38. The maximum Gasteiger partial charge on any atom is 0.271 e. The number of aromatic nitrogens is 1. The molecule has 1 unspecified atom stereocenters. The third kappa shape index (κ3) is 2.88.